The van der Waals surface area contributed by atoms with E-state index in [0.29, 0.717) is 11.0 Å². The van der Waals surface area contributed by atoms with Gasteiger partial charge in [0.2, 0.25) is 5.28 Å². The van der Waals surface area contributed by atoms with Gasteiger partial charge in [-0.1, -0.05) is 0 Å². The molecule has 0 saturated heterocycles. The van der Waals surface area contributed by atoms with E-state index in [1.807, 2.05) is 0 Å². The van der Waals surface area contributed by atoms with Gasteiger partial charge in [0.25, 0.3) is 0 Å². The second-order valence-corrected chi connectivity index (χ2v) is 3.15. The van der Waals surface area contributed by atoms with Crippen LogP contribution >= 0.6 is 11.6 Å². The molecule has 6 heteroatoms. The fraction of sp³-hybridized carbons (Fsp3) is 0.125. The predicted molar refractivity (Wildman–Crippen MR) is 50.5 cm³/mol. The fourth-order valence-corrected chi connectivity index (χ4v) is 1.42. The number of hydrogen-bond acceptors (Lipinski definition) is 3. The molecule has 0 aliphatic carbocycles. The van der Waals surface area contributed by atoms with Gasteiger partial charge in [-0.3, -0.25) is 0 Å². The minimum atomic E-state index is -0.998. The number of hydrogen-bond donors (Lipinski definition) is 1. The molecule has 0 amide bonds. The first-order valence-corrected chi connectivity index (χ1v) is 4.18. The Morgan fingerprint density at radius 3 is 3.00 bits per heavy atom. The molecular weight excluding hydrogens is 206 g/mol. The molecule has 0 aliphatic heterocycles. The van der Waals surface area contributed by atoms with Crippen LogP contribution < -0.4 is 0 Å². The van der Waals surface area contributed by atoms with Gasteiger partial charge in [0.15, 0.2) is 0 Å². The van der Waals surface area contributed by atoms with Gasteiger partial charge in [-0.05, 0) is 17.7 Å². The summed E-state index contributed by atoms with van der Waals surface area (Å²) in [5.41, 5.74) is 0.680. The van der Waals surface area contributed by atoms with E-state index in [0.717, 1.165) is 0 Å². The Labute approximate surface area is 84.0 Å². The summed E-state index contributed by atoms with van der Waals surface area (Å²) in [6, 6.07) is 1.51. The van der Waals surface area contributed by atoms with Crippen molar-refractivity contribution in [3.05, 3.63) is 23.2 Å². The summed E-state index contributed by atoms with van der Waals surface area (Å²) >= 11 is 5.60. The van der Waals surface area contributed by atoms with Gasteiger partial charge in [0.1, 0.15) is 11.3 Å². The Morgan fingerprint density at radius 1 is 1.64 bits per heavy atom. The van der Waals surface area contributed by atoms with Crippen LogP contribution in [0, 0.1) is 0 Å². The average molecular weight is 212 g/mol. The molecule has 1 N–H and O–H groups in total. The quantitative estimate of drug-likeness (QED) is 0.723. The summed E-state index contributed by atoms with van der Waals surface area (Å²) in [5.74, 6) is -0.998. The first-order valence-electron chi connectivity index (χ1n) is 3.81. The van der Waals surface area contributed by atoms with Gasteiger partial charge < -0.3 is 9.67 Å². The number of aromatic nitrogens is 3. The summed E-state index contributed by atoms with van der Waals surface area (Å²) in [6.07, 6.45) is 1.50. The van der Waals surface area contributed by atoms with Crippen molar-refractivity contribution in [2.24, 2.45) is 7.05 Å². The highest BCUT2D eigenvalue weighted by molar-refractivity contribution is 6.28. The van der Waals surface area contributed by atoms with Crippen LogP contribution in [0.4, 0.5) is 0 Å². The highest BCUT2D eigenvalue weighted by Gasteiger charge is 2.12. The number of aromatic carboxylic acids is 1. The Kier molecular flexibility index (Phi) is 1.89. The lowest BCUT2D eigenvalue weighted by Crippen LogP contribution is -2.04. The zero-order chi connectivity index (χ0) is 10.3. The molecule has 0 spiro atoms. The van der Waals surface area contributed by atoms with Crippen LogP contribution in [0.25, 0.3) is 11.0 Å². The van der Waals surface area contributed by atoms with Crippen LogP contribution in [0.3, 0.4) is 0 Å². The van der Waals surface area contributed by atoms with Gasteiger partial charge in [-0.2, -0.15) is 4.98 Å². The minimum absolute atomic E-state index is 0.107. The van der Waals surface area contributed by atoms with Crippen molar-refractivity contribution in [3.8, 4) is 0 Å². The zero-order valence-corrected chi connectivity index (χ0v) is 7.99. The maximum atomic E-state index is 10.8. The van der Waals surface area contributed by atoms with E-state index in [2.05, 4.69) is 9.97 Å². The predicted octanol–water partition coefficient (Wildman–Crippen LogP) is 1.32. The van der Waals surface area contributed by atoms with Gasteiger partial charge in [-0.25, -0.2) is 9.78 Å². The smallest absolute Gasteiger partial charge is 0.352 e. The first-order chi connectivity index (χ1) is 6.59. The molecule has 2 rings (SSSR count). The summed E-state index contributed by atoms with van der Waals surface area (Å²) < 4.78 is 1.46. The third-order valence-electron chi connectivity index (χ3n) is 1.96. The van der Waals surface area contributed by atoms with E-state index in [-0.39, 0.29) is 11.0 Å². The monoisotopic (exact) mass is 211 g/mol. The number of carboxylic acids is 1. The standard InChI is InChI=1S/C8H6ClN3O2/c1-12-5(7(13)14)2-4-3-10-8(9)11-6(4)12/h2-3H,1H3,(H,13,14). The summed E-state index contributed by atoms with van der Waals surface area (Å²) in [4.78, 5) is 18.5. The molecule has 0 saturated carbocycles. The summed E-state index contributed by atoms with van der Waals surface area (Å²) in [6.45, 7) is 0. The van der Waals surface area contributed by atoms with E-state index >= 15 is 0 Å². The number of nitrogens with zero attached hydrogens (tertiary/aromatic N) is 3. The zero-order valence-electron chi connectivity index (χ0n) is 7.23. The topological polar surface area (TPSA) is 68.0 Å². The molecule has 0 fully saturated rings. The lowest BCUT2D eigenvalue weighted by molar-refractivity contribution is 0.0687. The number of rotatable bonds is 1. The molecule has 14 heavy (non-hydrogen) atoms. The molecule has 0 aliphatic rings. The fourth-order valence-electron chi connectivity index (χ4n) is 1.30. The molecule has 0 unspecified atom stereocenters. The third-order valence-corrected chi connectivity index (χ3v) is 2.14. The van der Waals surface area contributed by atoms with E-state index in [4.69, 9.17) is 16.7 Å². The van der Waals surface area contributed by atoms with Gasteiger partial charge in [0.05, 0.1) is 0 Å². The number of carboxylic acid groups (broad SMARTS) is 1. The molecule has 0 aromatic carbocycles. The molecular formula is C8H6ClN3O2. The number of aryl methyl sites for hydroxylation is 1. The van der Waals surface area contributed by atoms with Crippen LogP contribution in [0.5, 0.6) is 0 Å². The van der Waals surface area contributed by atoms with Crippen LogP contribution in [0.1, 0.15) is 10.5 Å². The van der Waals surface area contributed by atoms with Crippen molar-refractivity contribution < 1.29 is 9.90 Å². The second-order valence-electron chi connectivity index (χ2n) is 2.81. The van der Waals surface area contributed by atoms with Crippen molar-refractivity contribution in [1.29, 1.82) is 0 Å². The lowest BCUT2D eigenvalue weighted by Gasteiger charge is -1.97. The van der Waals surface area contributed by atoms with Crippen molar-refractivity contribution in [2.75, 3.05) is 0 Å². The highest BCUT2D eigenvalue weighted by Crippen LogP contribution is 2.17. The molecule has 0 atom stereocenters. The maximum Gasteiger partial charge on any atom is 0.352 e. The minimum Gasteiger partial charge on any atom is -0.477 e. The molecule has 2 aromatic rings. The van der Waals surface area contributed by atoms with Crippen molar-refractivity contribution in [1.82, 2.24) is 14.5 Å². The third kappa shape index (κ3) is 1.22. The van der Waals surface area contributed by atoms with Crippen LogP contribution in [-0.4, -0.2) is 25.6 Å². The molecule has 2 aromatic heterocycles. The van der Waals surface area contributed by atoms with Gasteiger partial charge >= 0.3 is 5.97 Å². The van der Waals surface area contributed by atoms with Crippen LogP contribution in [0.15, 0.2) is 12.3 Å². The molecule has 2 heterocycles. The van der Waals surface area contributed by atoms with Crippen LogP contribution in [-0.2, 0) is 7.05 Å². The molecule has 5 nitrogen and oxygen atoms in total. The van der Waals surface area contributed by atoms with E-state index in [9.17, 15) is 4.79 Å². The van der Waals surface area contributed by atoms with E-state index in [1.54, 1.807) is 7.05 Å². The van der Waals surface area contributed by atoms with Gasteiger partial charge in [-0.15, -0.1) is 0 Å². The Bertz CT molecular complexity index is 521. The van der Waals surface area contributed by atoms with Crippen molar-refractivity contribution >= 4 is 28.6 Å². The van der Waals surface area contributed by atoms with E-state index in [1.165, 1.54) is 16.8 Å². The van der Waals surface area contributed by atoms with E-state index < -0.39 is 5.97 Å². The molecule has 0 radical (unpaired) electrons. The number of fused-ring (bicyclic) bond motifs is 1. The Balaban J connectivity index is 2.80. The number of halogens is 1. The lowest BCUT2D eigenvalue weighted by atomic mass is 10.4. The van der Waals surface area contributed by atoms with Crippen LogP contribution in [0.2, 0.25) is 5.28 Å². The number of carbonyl (C=O) groups is 1. The Morgan fingerprint density at radius 2 is 2.36 bits per heavy atom. The normalized spacial score (nSPS) is 10.7. The van der Waals surface area contributed by atoms with Crippen molar-refractivity contribution in [2.45, 2.75) is 0 Å². The SMILES string of the molecule is Cn1c(C(=O)O)cc2cnc(Cl)nc21. The largest absolute Gasteiger partial charge is 0.477 e. The molecule has 0 bridgehead atoms. The van der Waals surface area contributed by atoms with Gasteiger partial charge in [0, 0.05) is 18.6 Å². The second kappa shape index (κ2) is 2.95. The summed E-state index contributed by atoms with van der Waals surface area (Å²) in [7, 11) is 1.62. The first kappa shape index (κ1) is 8.96. The highest BCUT2D eigenvalue weighted by atomic mass is 35.5. The average Bonchev–Trinajstić information content (AvgIpc) is 2.44. The maximum absolute atomic E-state index is 10.8. The Hall–Kier alpha value is -1.62. The molecule has 72 valence electrons. The summed E-state index contributed by atoms with van der Waals surface area (Å²) in [5, 5.41) is 9.60. The van der Waals surface area contributed by atoms with Crippen molar-refractivity contribution in [3.63, 3.8) is 0 Å².